The zero-order chi connectivity index (χ0) is 31.8. The number of alkyl carbamates (subject to hydrolysis) is 1. The molecule has 3 amide bonds. The molecular weight excluding hydrogens is 534 g/mol. The molecule has 0 heterocycles. The number of likely N-dealkylation sites (N-methyl/N-ethyl adjacent to an activating group) is 1. The highest BCUT2D eigenvalue weighted by Crippen LogP contribution is 2.26. The summed E-state index contributed by atoms with van der Waals surface area (Å²) < 4.78 is 11.0. The van der Waals surface area contributed by atoms with Crippen LogP contribution in [0.2, 0.25) is 0 Å². The Balaban J connectivity index is 2.47. The van der Waals surface area contributed by atoms with Crippen LogP contribution in [0.3, 0.4) is 0 Å². The molecule has 230 valence electrons. The Bertz CT molecular complexity index is 1230. The standard InChI is InChI=1S/C33H47N3O6/c1-21(2)26(35-31(40)42-33(7,8)9)29(38)36(10)27(24-19-15-14-16-22(24)3)28(37)34-25(30(39)41-32(4,5)6)20-23-17-12-11-13-18-23/h11-19,21,25-27H,20H2,1-10H3,(H,34,37)(H,35,40). The van der Waals surface area contributed by atoms with Crippen molar-refractivity contribution in [3.63, 3.8) is 0 Å². The number of carbonyl (C=O) groups is 4. The molecule has 42 heavy (non-hydrogen) atoms. The maximum absolute atomic E-state index is 14.1. The van der Waals surface area contributed by atoms with Crippen LogP contribution in [0.4, 0.5) is 4.79 Å². The van der Waals surface area contributed by atoms with Crippen LogP contribution >= 0.6 is 0 Å². The summed E-state index contributed by atoms with van der Waals surface area (Å²) >= 11 is 0. The van der Waals surface area contributed by atoms with E-state index in [-0.39, 0.29) is 12.3 Å². The zero-order valence-electron chi connectivity index (χ0n) is 26.6. The van der Waals surface area contributed by atoms with Crippen molar-refractivity contribution in [2.45, 2.75) is 98.1 Å². The summed E-state index contributed by atoms with van der Waals surface area (Å²) in [5.74, 6) is -1.91. The van der Waals surface area contributed by atoms with Gasteiger partial charge in [-0.05, 0) is 71.1 Å². The fourth-order valence-corrected chi connectivity index (χ4v) is 4.38. The van der Waals surface area contributed by atoms with Gasteiger partial charge >= 0.3 is 12.1 Å². The van der Waals surface area contributed by atoms with Gasteiger partial charge in [-0.1, -0.05) is 68.4 Å². The summed E-state index contributed by atoms with van der Waals surface area (Å²) in [4.78, 5) is 55.2. The van der Waals surface area contributed by atoms with Gasteiger partial charge < -0.3 is 25.0 Å². The normalized spacial score (nSPS) is 13.9. The second kappa shape index (κ2) is 14.3. The monoisotopic (exact) mass is 581 g/mol. The van der Waals surface area contributed by atoms with Crippen molar-refractivity contribution in [2.75, 3.05) is 7.05 Å². The second-order valence-corrected chi connectivity index (χ2v) is 12.9. The third kappa shape index (κ3) is 10.5. The summed E-state index contributed by atoms with van der Waals surface area (Å²) in [5, 5.41) is 5.54. The molecular formula is C33H47N3O6. The van der Waals surface area contributed by atoms with E-state index in [2.05, 4.69) is 10.6 Å². The van der Waals surface area contributed by atoms with E-state index < -0.39 is 53.2 Å². The maximum Gasteiger partial charge on any atom is 0.408 e. The van der Waals surface area contributed by atoms with Crippen LogP contribution in [0, 0.1) is 12.8 Å². The Morgan fingerprint density at radius 1 is 0.810 bits per heavy atom. The summed E-state index contributed by atoms with van der Waals surface area (Å²) in [6.45, 7) is 15.9. The lowest BCUT2D eigenvalue weighted by Crippen LogP contribution is -2.55. The summed E-state index contributed by atoms with van der Waals surface area (Å²) in [7, 11) is 1.52. The first-order chi connectivity index (χ1) is 19.4. The number of nitrogens with zero attached hydrogens (tertiary/aromatic N) is 1. The number of amides is 3. The molecule has 0 aromatic heterocycles. The van der Waals surface area contributed by atoms with Crippen LogP contribution in [0.15, 0.2) is 54.6 Å². The van der Waals surface area contributed by atoms with Gasteiger partial charge in [-0.3, -0.25) is 9.59 Å². The summed E-state index contributed by atoms with van der Waals surface area (Å²) in [6.07, 6.45) is -0.526. The Kier molecular flexibility index (Phi) is 11.7. The smallest absolute Gasteiger partial charge is 0.408 e. The maximum atomic E-state index is 14.1. The first-order valence-electron chi connectivity index (χ1n) is 14.3. The molecule has 9 nitrogen and oxygen atoms in total. The highest BCUT2D eigenvalue weighted by atomic mass is 16.6. The fraction of sp³-hybridized carbons (Fsp3) is 0.515. The molecule has 0 spiro atoms. The molecule has 0 aliphatic carbocycles. The number of nitrogens with one attached hydrogen (secondary N) is 2. The first-order valence-corrected chi connectivity index (χ1v) is 14.3. The van der Waals surface area contributed by atoms with E-state index >= 15 is 0 Å². The Morgan fingerprint density at radius 3 is 1.88 bits per heavy atom. The van der Waals surface area contributed by atoms with Crippen molar-refractivity contribution in [2.24, 2.45) is 5.92 Å². The van der Waals surface area contributed by atoms with Gasteiger partial charge in [0.15, 0.2) is 0 Å². The molecule has 3 unspecified atom stereocenters. The van der Waals surface area contributed by atoms with Crippen LogP contribution in [-0.2, 0) is 30.3 Å². The SMILES string of the molecule is Cc1ccccc1C(C(=O)NC(Cc1ccccc1)C(=O)OC(C)(C)C)N(C)C(=O)C(NC(=O)OC(C)(C)C)C(C)C. The van der Waals surface area contributed by atoms with E-state index in [1.807, 2.05) is 49.4 Å². The van der Waals surface area contributed by atoms with E-state index in [0.29, 0.717) is 5.56 Å². The average Bonchev–Trinajstić information content (AvgIpc) is 2.86. The van der Waals surface area contributed by atoms with Gasteiger partial charge in [0, 0.05) is 13.5 Å². The topological polar surface area (TPSA) is 114 Å². The molecule has 2 rings (SSSR count). The van der Waals surface area contributed by atoms with Gasteiger partial charge in [-0.15, -0.1) is 0 Å². The minimum absolute atomic E-state index is 0.203. The highest BCUT2D eigenvalue weighted by molar-refractivity contribution is 5.94. The van der Waals surface area contributed by atoms with Crippen LogP contribution in [0.5, 0.6) is 0 Å². The molecule has 0 aliphatic rings. The van der Waals surface area contributed by atoms with E-state index in [1.165, 1.54) is 11.9 Å². The second-order valence-electron chi connectivity index (χ2n) is 12.9. The van der Waals surface area contributed by atoms with Crippen molar-refractivity contribution < 1.29 is 28.7 Å². The summed E-state index contributed by atoms with van der Waals surface area (Å²) in [6, 6.07) is 13.5. The van der Waals surface area contributed by atoms with Gasteiger partial charge in [-0.2, -0.15) is 0 Å². The predicted molar refractivity (Wildman–Crippen MR) is 163 cm³/mol. The van der Waals surface area contributed by atoms with E-state index in [1.54, 1.807) is 67.5 Å². The number of rotatable bonds is 10. The summed E-state index contributed by atoms with van der Waals surface area (Å²) in [5.41, 5.74) is 0.701. The van der Waals surface area contributed by atoms with Gasteiger partial charge in [0.2, 0.25) is 11.8 Å². The quantitative estimate of drug-likeness (QED) is 0.377. The van der Waals surface area contributed by atoms with E-state index in [4.69, 9.17) is 9.47 Å². The fourth-order valence-electron chi connectivity index (χ4n) is 4.38. The molecule has 2 aromatic rings. The lowest BCUT2D eigenvalue weighted by molar-refractivity contribution is -0.159. The van der Waals surface area contributed by atoms with Crippen LogP contribution in [0.1, 0.15) is 78.1 Å². The molecule has 3 atom stereocenters. The number of ether oxygens (including phenoxy) is 2. The average molecular weight is 582 g/mol. The van der Waals surface area contributed by atoms with Crippen molar-refractivity contribution >= 4 is 23.9 Å². The largest absolute Gasteiger partial charge is 0.458 e. The van der Waals surface area contributed by atoms with Crippen molar-refractivity contribution in [3.8, 4) is 0 Å². The van der Waals surface area contributed by atoms with Gasteiger partial charge in [0.05, 0.1) is 0 Å². The zero-order valence-corrected chi connectivity index (χ0v) is 26.6. The number of carbonyl (C=O) groups excluding carboxylic acids is 4. The van der Waals surface area contributed by atoms with Crippen molar-refractivity contribution in [1.29, 1.82) is 0 Å². The molecule has 2 aromatic carbocycles. The lowest BCUT2D eigenvalue weighted by atomic mass is 9.96. The number of hydrogen-bond acceptors (Lipinski definition) is 6. The Morgan fingerprint density at radius 2 is 1.36 bits per heavy atom. The van der Waals surface area contributed by atoms with Crippen molar-refractivity contribution in [3.05, 3.63) is 71.3 Å². The molecule has 0 saturated carbocycles. The van der Waals surface area contributed by atoms with Crippen LogP contribution in [-0.4, -0.2) is 59.1 Å². The first kappa shape index (κ1) is 34.3. The lowest BCUT2D eigenvalue weighted by Gasteiger charge is -2.34. The number of esters is 1. The highest BCUT2D eigenvalue weighted by Gasteiger charge is 2.38. The predicted octanol–water partition coefficient (Wildman–Crippen LogP) is 5.11. The number of aryl methyl sites for hydroxylation is 1. The van der Waals surface area contributed by atoms with Crippen molar-refractivity contribution in [1.82, 2.24) is 15.5 Å². The van der Waals surface area contributed by atoms with E-state index in [0.717, 1.165) is 11.1 Å². The Hall–Kier alpha value is -3.88. The van der Waals surface area contributed by atoms with Gasteiger partial charge in [-0.25, -0.2) is 9.59 Å². The van der Waals surface area contributed by atoms with Crippen LogP contribution in [0.25, 0.3) is 0 Å². The third-order valence-electron chi connectivity index (χ3n) is 6.36. The molecule has 0 fully saturated rings. The number of benzene rings is 2. The molecule has 0 bridgehead atoms. The van der Waals surface area contributed by atoms with Crippen LogP contribution < -0.4 is 10.6 Å². The minimum Gasteiger partial charge on any atom is -0.458 e. The molecule has 9 heteroatoms. The minimum atomic E-state index is -1.10. The molecule has 0 saturated heterocycles. The van der Waals surface area contributed by atoms with Gasteiger partial charge in [0.25, 0.3) is 0 Å². The molecule has 0 aliphatic heterocycles. The Labute approximate surface area is 250 Å². The molecule has 0 radical (unpaired) electrons. The number of hydrogen-bond donors (Lipinski definition) is 2. The molecule has 2 N–H and O–H groups in total. The van der Waals surface area contributed by atoms with Gasteiger partial charge in [0.1, 0.15) is 29.3 Å². The van der Waals surface area contributed by atoms with E-state index in [9.17, 15) is 19.2 Å². The third-order valence-corrected chi connectivity index (χ3v) is 6.36.